The van der Waals surface area contributed by atoms with Crippen LogP contribution in [0.5, 0.6) is 5.75 Å². The van der Waals surface area contributed by atoms with Crippen molar-refractivity contribution in [2.75, 3.05) is 38.7 Å². The molecule has 48 heavy (non-hydrogen) atoms. The molecule has 1 amide bonds. The summed E-state index contributed by atoms with van der Waals surface area (Å²) in [7, 11) is -0.443. The van der Waals surface area contributed by atoms with E-state index in [1.54, 1.807) is 11.9 Å². The number of carbonyl (C=O) groups is 1. The van der Waals surface area contributed by atoms with Crippen molar-refractivity contribution >= 4 is 53.9 Å². The largest absolute Gasteiger partial charge is 0.491 e. The van der Waals surface area contributed by atoms with Crippen molar-refractivity contribution in [2.24, 2.45) is 0 Å². The van der Waals surface area contributed by atoms with E-state index in [-0.39, 0.29) is 29.9 Å². The molecule has 5 rings (SSSR count). The van der Waals surface area contributed by atoms with Crippen molar-refractivity contribution in [1.82, 2.24) is 24.6 Å². The lowest BCUT2D eigenvalue weighted by molar-refractivity contribution is 0.0172. The minimum absolute atomic E-state index is 0.00881. The molecule has 264 valence electrons. The van der Waals surface area contributed by atoms with Gasteiger partial charge in [-0.2, -0.15) is 5.10 Å². The average Bonchev–Trinajstić information content (AvgIpc) is 3.78. The fourth-order valence-corrected chi connectivity index (χ4v) is 7.24. The Bertz CT molecular complexity index is 1570. The van der Waals surface area contributed by atoms with Crippen LogP contribution in [-0.2, 0) is 13.9 Å². The van der Waals surface area contributed by atoms with E-state index in [1.807, 2.05) is 55.9 Å². The molecule has 2 fully saturated rings. The number of anilines is 1. The van der Waals surface area contributed by atoms with Crippen LogP contribution in [-0.4, -0.2) is 94.1 Å². The average molecular weight is 793 g/mol. The van der Waals surface area contributed by atoms with Crippen molar-refractivity contribution in [3.05, 3.63) is 30.5 Å². The second kappa shape index (κ2) is 14.8. The molecule has 2 aliphatic rings. The maximum Gasteiger partial charge on any atom is 0.410 e. The molecular weight excluding hydrogens is 739 g/mol. The topological polar surface area (TPSA) is 113 Å². The van der Waals surface area contributed by atoms with E-state index in [9.17, 15) is 4.79 Å². The maximum atomic E-state index is 12.8. The first kappa shape index (κ1) is 36.8. The van der Waals surface area contributed by atoms with Crippen LogP contribution in [0.25, 0.3) is 22.4 Å². The summed E-state index contributed by atoms with van der Waals surface area (Å²) < 4.78 is 27.3. The van der Waals surface area contributed by atoms with E-state index in [4.69, 9.17) is 33.7 Å². The molecule has 0 spiro atoms. The number of hydrogen-bond donors (Lipinski definition) is 1. The van der Waals surface area contributed by atoms with Crippen LogP contribution in [0.4, 0.5) is 10.6 Å². The highest BCUT2D eigenvalue weighted by atomic mass is 127. The number of ether oxygens (including phenoxy) is 3. The minimum Gasteiger partial charge on any atom is -0.491 e. The lowest BCUT2D eigenvalue weighted by Crippen LogP contribution is -2.49. The molecule has 3 atom stereocenters. The molecule has 1 aromatic carbocycles. The van der Waals surface area contributed by atoms with Gasteiger partial charge in [0, 0.05) is 16.5 Å². The number of amides is 1. The fraction of sp³-hybridized carbons (Fsp3) is 0.657. The molecule has 1 N–H and O–H groups in total. The highest BCUT2D eigenvalue weighted by molar-refractivity contribution is 14.1. The first-order valence-electron chi connectivity index (χ1n) is 17.1. The number of aromatic nitrogens is 4. The van der Waals surface area contributed by atoms with Gasteiger partial charge in [0.1, 0.15) is 23.8 Å². The number of carbonyl (C=O) groups excluding carboxylic acids is 1. The van der Waals surface area contributed by atoms with Crippen molar-refractivity contribution in [1.29, 1.82) is 0 Å². The van der Waals surface area contributed by atoms with Gasteiger partial charge in [0.2, 0.25) is 0 Å². The van der Waals surface area contributed by atoms with E-state index in [2.05, 4.69) is 61.8 Å². The summed E-state index contributed by atoms with van der Waals surface area (Å²) in [6.07, 6.45) is 5.46. The van der Waals surface area contributed by atoms with Crippen molar-refractivity contribution in [3.63, 3.8) is 0 Å². The monoisotopic (exact) mass is 792 g/mol. The smallest absolute Gasteiger partial charge is 0.410 e. The molecule has 11 nitrogen and oxygen atoms in total. The third-order valence-electron chi connectivity index (χ3n) is 9.11. The highest BCUT2D eigenvalue weighted by Crippen LogP contribution is 2.39. The van der Waals surface area contributed by atoms with Gasteiger partial charge in [0.25, 0.3) is 0 Å². The molecule has 2 aromatic heterocycles. The predicted molar refractivity (Wildman–Crippen MR) is 201 cm³/mol. The number of hydrogen-bond acceptors (Lipinski definition) is 9. The predicted octanol–water partition coefficient (Wildman–Crippen LogP) is 7.86. The quantitative estimate of drug-likeness (QED) is 0.118. The number of halogens is 1. The molecular formula is C35H53IN6O5Si. The summed E-state index contributed by atoms with van der Waals surface area (Å²) in [5.74, 6) is 2.06. The number of alkyl halides is 1. The second-order valence-electron chi connectivity index (χ2n) is 15.7. The van der Waals surface area contributed by atoms with Gasteiger partial charge >= 0.3 is 6.09 Å². The zero-order valence-electron chi connectivity index (χ0n) is 30.0. The zero-order chi connectivity index (χ0) is 34.9. The van der Waals surface area contributed by atoms with Crippen molar-refractivity contribution < 1.29 is 23.4 Å². The second-order valence-corrected chi connectivity index (χ2v) is 22.2. The third kappa shape index (κ3) is 9.60. The number of fused-ring (bicyclic) bond motifs is 1. The van der Waals surface area contributed by atoms with E-state index in [0.717, 1.165) is 54.7 Å². The Morgan fingerprint density at radius 1 is 1.12 bits per heavy atom. The van der Waals surface area contributed by atoms with E-state index < -0.39 is 13.9 Å². The Hall–Kier alpha value is -2.49. The van der Waals surface area contributed by atoms with Gasteiger partial charge in [-0.05, 0) is 76.7 Å². The van der Waals surface area contributed by atoms with Gasteiger partial charge in [-0.25, -0.2) is 19.4 Å². The molecule has 0 radical (unpaired) electrons. The molecule has 1 unspecified atom stereocenters. The molecule has 1 aliphatic heterocycles. The number of benzene rings is 1. The lowest BCUT2D eigenvalue weighted by atomic mass is 10.1. The van der Waals surface area contributed by atoms with Crippen LogP contribution >= 0.6 is 22.6 Å². The molecule has 13 heteroatoms. The lowest BCUT2D eigenvalue weighted by Gasteiger charge is -2.40. The SMILES string of the molecule is CN(CC(COc1cccc(-c2nc(N[C@@H]3CC[C@H](I)COC3)c3cnn(C4CC4)c3n2)c1)O[Si](C)(C)C(C)(C)C)C(=O)OC(C)(C)C. The standard InChI is InChI=1S/C35H53IN6O5Si/c1-34(2,3)46-33(43)41(7)19-28(47-48(8,9)35(4,5)6)22-45-27-12-10-11-23(17-27)30-39-31(38-25-14-13-24(36)20-44-21-25)29-18-37-42(26-15-16-26)32(29)40-30/h10-12,17-18,24-26,28H,13-16,19-22H2,1-9H3,(H,38,39,40)/t24-,25+,28?/m0/s1. The first-order valence-corrected chi connectivity index (χ1v) is 21.2. The van der Waals surface area contributed by atoms with Gasteiger partial charge in [-0.1, -0.05) is 55.5 Å². The van der Waals surface area contributed by atoms with Crippen molar-refractivity contribution in [2.45, 2.75) is 113 Å². The maximum absolute atomic E-state index is 12.8. The molecule has 1 saturated heterocycles. The van der Waals surface area contributed by atoms with E-state index in [1.165, 1.54) is 0 Å². The van der Waals surface area contributed by atoms with Crippen LogP contribution in [0.1, 0.15) is 73.3 Å². The summed E-state index contributed by atoms with van der Waals surface area (Å²) in [5, 5.41) is 9.31. The number of nitrogens with one attached hydrogen (secondary N) is 1. The normalized spacial score (nSPS) is 19.9. The summed E-state index contributed by atoms with van der Waals surface area (Å²) in [5.41, 5.74) is 1.10. The summed E-state index contributed by atoms with van der Waals surface area (Å²) in [6, 6.07) is 8.40. The van der Waals surface area contributed by atoms with Gasteiger partial charge in [0.15, 0.2) is 19.8 Å². The highest BCUT2D eigenvalue weighted by Gasteiger charge is 2.40. The van der Waals surface area contributed by atoms with E-state index in [0.29, 0.717) is 34.7 Å². The van der Waals surface area contributed by atoms with Crippen LogP contribution in [0.15, 0.2) is 30.5 Å². The minimum atomic E-state index is -2.18. The summed E-state index contributed by atoms with van der Waals surface area (Å²) >= 11 is 2.47. The van der Waals surface area contributed by atoms with Gasteiger partial charge in [-0.15, -0.1) is 0 Å². The molecule has 3 aromatic rings. The first-order chi connectivity index (χ1) is 22.5. The molecule has 0 bridgehead atoms. The van der Waals surface area contributed by atoms with Crippen LogP contribution in [0.3, 0.4) is 0 Å². The van der Waals surface area contributed by atoms with Crippen molar-refractivity contribution in [3.8, 4) is 17.1 Å². The van der Waals surface area contributed by atoms with Crippen LogP contribution < -0.4 is 10.1 Å². The van der Waals surface area contributed by atoms with Crippen LogP contribution in [0.2, 0.25) is 18.1 Å². The number of rotatable bonds is 11. The van der Waals surface area contributed by atoms with Gasteiger partial charge in [-0.3, -0.25) is 0 Å². The Morgan fingerprint density at radius 3 is 2.56 bits per heavy atom. The number of likely N-dealkylation sites (N-methyl/N-ethyl adjacent to an activating group) is 1. The molecule has 3 heterocycles. The Kier molecular flexibility index (Phi) is 11.3. The molecule has 1 aliphatic carbocycles. The summed E-state index contributed by atoms with van der Waals surface area (Å²) in [4.78, 5) is 24.5. The Balaban J connectivity index is 1.38. The Morgan fingerprint density at radius 2 is 1.88 bits per heavy atom. The van der Waals surface area contributed by atoms with Gasteiger partial charge in [0.05, 0.1) is 49.5 Å². The Labute approximate surface area is 300 Å². The molecule has 1 saturated carbocycles. The zero-order valence-corrected chi connectivity index (χ0v) is 33.2. The summed E-state index contributed by atoms with van der Waals surface area (Å²) in [6.45, 7) is 18.6. The van der Waals surface area contributed by atoms with E-state index >= 15 is 0 Å². The van der Waals surface area contributed by atoms with Gasteiger partial charge < -0.3 is 28.9 Å². The number of nitrogens with zero attached hydrogens (tertiary/aromatic N) is 5. The van der Waals surface area contributed by atoms with Crippen LogP contribution in [0, 0.1) is 0 Å². The third-order valence-corrected chi connectivity index (χ3v) is 14.6. The fourth-order valence-electron chi connectivity index (χ4n) is 5.30.